The number of thiocarbonyl (C=S) groups is 1. The fraction of sp³-hybridized carbons (Fsp3) is 0. The Morgan fingerprint density at radius 2 is 1.89 bits per heavy atom. The van der Waals surface area contributed by atoms with Crippen molar-refractivity contribution in [3.05, 3.63) is 56.5 Å². The Morgan fingerprint density at radius 1 is 1.16 bits per heavy atom. The third-order valence-electron chi connectivity index (χ3n) is 2.45. The number of hydrogen-bond donors (Lipinski definition) is 2. The highest BCUT2D eigenvalue weighted by molar-refractivity contribution is 9.10. The molecule has 0 fully saturated rings. The summed E-state index contributed by atoms with van der Waals surface area (Å²) in [7, 11) is 0. The summed E-state index contributed by atoms with van der Waals surface area (Å²) in [6.45, 7) is 0. The van der Waals surface area contributed by atoms with Crippen LogP contribution < -0.4 is 11.1 Å². The predicted molar refractivity (Wildman–Crippen MR) is 89.8 cm³/mol. The van der Waals surface area contributed by atoms with Gasteiger partial charge in [0.2, 0.25) is 0 Å². The normalized spacial score (nSPS) is 10.3. The summed E-state index contributed by atoms with van der Waals surface area (Å²) < 4.78 is 0.804. The van der Waals surface area contributed by atoms with Gasteiger partial charge in [-0.05, 0) is 52.3 Å². The number of halogens is 3. The van der Waals surface area contributed by atoms with Gasteiger partial charge in [0, 0.05) is 20.7 Å². The van der Waals surface area contributed by atoms with Crippen LogP contribution in [0.3, 0.4) is 0 Å². The summed E-state index contributed by atoms with van der Waals surface area (Å²) in [5.41, 5.74) is 8.05. The first kappa shape index (κ1) is 14.6. The molecule has 0 amide bonds. The number of hydrogen-bond acceptors (Lipinski definition) is 2. The minimum Gasteiger partial charge on any atom is -0.389 e. The van der Waals surface area contributed by atoms with Gasteiger partial charge in [-0.15, -0.1) is 0 Å². The van der Waals surface area contributed by atoms with Crippen LogP contribution in [0.25, 0.3) is 0 Å². The summed E-state index contributed by atoms with van der Waals surface area (Å²) in [6, 6.07) is 10.8. The Bertz CT molecular complexity index is 647. The van der Waals surface area contributed by atoms with Crippen molar-refractivity contribution in [3.63, 3.8) is 0 Å². The van der Waals surface area contributed by atoms with Crippen molar-refractivity contribution in [2.75, 3.05) is 5.32 Å². The first-order valence-electron chi connectivity index (χ1n) is 5.29. The zero-order valence-electron chi connectivity index (χ0n) is 9.58. The first-order valence-corrected chi connectivity index (χ1v) is 7.24. The molecule has 19 heavy (non-hydrogen) atoms. The fourth-order valence-electron chi connectivity index (χ4n) is 1.56. The summed E-state index contributed by atoms with van der Waals surface area (Å²) >= 11 is 20.3. The highest BCUT2D eigenvalue weighted by atomic mass is 79.9. The molecule has 2 nitrogen and oxygen atoms in total. The van der Waals surface area contributed by atoms with Crippen molar-refractivity contribution < 1.29 is 0 Å². The van der Waals surface area contributed by atoms with E-state index in [2.05, 4.69) is 21.2 Å². The van der Waals surface area contributed by atoms with Crippen molar-refractivity contribution in [1.82, 2.24) is 0 Å². The maximum Gasteiger partial charge on any atom is 0.106 e. The van der Waals surface area contributed by atoms with Gasteiger partial charge >= 0.3 is 0 Å². The molecule has 0 unspecified atom stereocenters. The smallest absolute Gasteiger partial charge is 0.106 e. The lowest BCUT2D eigenvalue weighted by molar-refractivity contribution is 1.51. The van der Waals surface area contributed by atoms with Crippen LogP contribution >= 0.6 is 51.3 Å². The second-order valence-electron chi connectivity index (χ2n) is 3.81. The molecule has 0 radical (unpaired) electrons. The Hall–Kier alpha value is -0.810. The number of anilines is 2. The molecule has 0 atom stereocenters. The highest BCUT2D eigenvalue weighted by Gasteiger charge is 2.07. The summed E-state index contributed by atoms with van der Waals surface area (Å²) in [5.74, 6) is 0. The van der Waals surface area contributed by atoms with Gasteiger partial charge in [0.15, 0.2) is 0 Å². The second kappa shape index (κ2) is 6.09. The average Bonchev–Trinajstić information content (AvgIpc) is 2.33. The number of nitrogens with one attached hydrogen (secondary N) is 1. The minimum atomic E-state index is 0.312. The van der Waals surface area contributed by atoms with E-state index in [1.54, 1.807) is 24.3 Å². The van der Waals surface area contributed by atoms with E-state index in [0.29, 0.717) is 15.0 Å². The number of rotatable bonds is 3. The fourth-order valence-corrected chi connectivity index (χ4v) is 2.41. The molecule has 0 heterocycles. The Morgan fingerprint density at radius 3 is 2.53 bits per heavy atom. The minimum absolute atomic E-state index is 0.312. The monoisotopic (exact) mass is 374 g/mol. The van der Waals surface area contributed by atoms with Gasteiger partial charge in [-0.2, -0.15) is 0 Å². The van der Waals surface area contributed by atoms with E-state index in [-0.39, 0.29) is 0 Å². The topological polar surface area (TPSA) is 38.0 Å². The lowest BCUT2D eigenvalue weighted by Crippen LogP contribution is -2.11. The maximum absolute atomic E-state index is 5.99. The van der Waals surface area contributed by atoms with E-state index in [0.717, 1.165) is 21.4 Å². The standard InChI is InChI=1S/C13H9BrCl2N2S/c14-10-6-8(2-4-11(10)16)18-12-5-7(15)1-3-9(12)13(17)19/h1-6,18H,(H2,17,19). The number of benzene rings is 2. The molecule has 98 valence electrons. The predicted octanol–water partition coefficient (Wildman–Crippen LogP) is 5.13. The van der Waals surface area contributed by atoms with E-state index in [1.165, 1.54) is 0 Å². The quantitative estimate of drug-likeness (QED) is 0.730. The van der Waals surface area contributed by atoms with Crippen LogP contribution in [0.1, 0.15) is 5.56 Å². The maximum atomic E-state index is 5.99. The Labute approximate surface area is 135 Å². The van der Waals surface area contributed by atoms with Crippen molar-refractivity contribution in [2.24, 2.45) is 5.73 Å². The van der Waals surface area contributed by atoms with E-state index >= 15 is 0 Å². The van der Waals surface area contributed by atoms with Crippen LogP contribution in [0.15, 0.2) is 40.9 Å². The van der Waals surface area contributed by atoms with E-state index in [9.17, 15) is 0 Å². The molecule has 2 aromatic rings. The largest absolute Gasteiger partial charge is 0.389 e. The molecular weight excluding hydrogens is 367 g/mol. The van der Waals surface area contributed by atoms with E-state index in [4.69, 9.17) is 41.2 Å². The third-order valence-corrected chi connectivity index (χ3v) is 4.11. The van der Waals surface area contributed by atoms with Gasteiger partial charge in [-0.3, -0.25) is 0 Å². The van der Waals surface area contributed by atoms with Crippen LogP contribution in [0.2, 0.25) is 10.0 Å². The molecule has 0 bridgehead atoms. The van der Waals surface area contributed by atoms with Crippen molar-refractivity contribution in [2.45, 2.75) is 0 Å². The van der Waals surface area contributed by atoms with Gasteiger partial charge in [-0.1, -0.05) is 35.4 Å². The lowest BCUT2D eigenvalue weighted by atomic mass is 10.1. The summed E-state index contributed by atoms with van der Waals surface area (Å²) in [6.07, 6.45) is 0. The number of nitrogens with two attached hydrogens (primary N) is 1. The van der Waals surface area contributed by atoms with Crippen molar-refractivity contribution in [1.29, 1.82) is 0 Å². The molecular formula is C13H9BrCl2N2S. The SMILES string of the molecule is NC(=S)c1ccc(Cl)cc1Nc1ccc(Cl)c(Br)c1. The molecule has 0 spiro atoms. The van der Waals surface area contributed by atoms with Gasteiger partial charge in [-0.25, -0.2) is 0 Å². The van der Waals surface area contributed by atoms with Crippen molar-refractivity contribution in [3.8, 4) is 0 Å². The summed E-state index contributed by atoms with van der Waals surface area (Å²) in [4.78, 5) is 0.312. The molecule has 2 rings (SSSR count). The molecule has 0 aliphatic heterocycles. The summed E-state index contributed by atoms with van der Waals surface area (Å²) in [5, 5.41) is 4.47. The Balaban J connectivity index is 2.39. The molecule has 0 saturated carbocycles. The van der Waals surface area contributed by atoms with Crippen molar-refractivity contribution >= 4 is 67.7 Å². The molecule has 3 N–H and O–H groups in total. The molecule has 0 aromatic heterocycles. The van der Waals surface area contributed by atoms with Crippen LogP contribution in [-0.2, 0) is 0 Å². The molecule has 0 saturated heterocycles. The zero-order valence-corrected chi connectivity index (χ0v) is 13.5. The van der Waals surface area contributed by atoms with Gasteiger partial charge in [0.05, 0.1) is 10.7 Å². The lowest BCUT2D eigenvalue weighted by Gasteiger charge is -2.12. The zero-order chi connectivity index (χ0) is 14.0. The third kappa shape index (κ3) is 3.60. The highest BCUT2D eigenvalue weighted by Crippen LogP contribution is 2.29. The Kier molecular flexibility index (Phi) is 4.68. The second-order valence-corrected chi connectivity index (χ2v) is 5.95. The van der Waals surface area contributed by atoms with Crippen LogP contribution in [0.5, 0.6) is 0 Å². The average molecular weight is 376 g/mol. The van der Waals surface area contributed by atoms with Crippen LogP contribution in [0.4, 0.5) is 11.4 Å². The molecule has 6 heteroatoms. The van der Waals surface area contributed by atoms with E-state index < -0.39 is 0 Å². The van der Waals surface area contributed by atoms with Crippen LogP contribution in [0, 0.1) is 0 Å². The van der Waals surface area contributed by atoms with Gasteiger partial charge in [0.1, 0.15) is 4.99 Å². The molecule has 0 aliphatic rings. The van der Waals surface area contributed by atoms with Gasteiger partial charge < -0.3 is 11.1 Å². The first-order chi connectivity index (χ1) is 8.97. The molecule has 2 aromatic carbocycles. The molecule has 0 aliphatic carbocycles. The van der Waals surface area contributed by atoms with Gasteiger partial charge in [0.25, 0.3) is 0 Å². The van der Waals surface area contributed by atoms with E-state index in [1.807, 2.05) is 12.1 Å². The van der Waals surface area contributed by atoms with Crippen LogP contribution in [-0.4, -0.2) is 4.99 Å².